The van der Waals surface area contributed by atoms with Crippen molar-refractivity contribution in [3.8, 4) is 0 Å². The number of carbonyl (C=O) groups is 1. The van der Waals surface area contributed by atoms with Gasteiger partial charge in [-0.1, -0.05) is 6.07 Å². The van der Waals surface area contributed by atoms with Gasteiger partial charge < -0.3 is 5.11 Å². The topological polar surface area (TPSA) is 59.3 Å². The van der Waals surface area contributed by atoms with Crippen molar-refractivity contribution < 1.29 is 23.1 Å². The van der Waals surface area contributed by atoms with Crippen LogP contribution in [0.5, 0.6) is 0 Å². The standard InChI is InChI=1S/C12H8F3NO3/c13-12(14,15)8-2-1-3-9-7(8)4-5-10(17)16(9)6-11(18)19/h1-5H,6H2,(H,18,19). The van der Waals surface area contributed by atoms with E-state index in [9.17, 15) is 22.8 Å². The second-order valence-electron chi connectivity index (χ2n) is 3.89. The van der Waals surface area contributed by atoms with Gasteiger partial charge >= 0.3 is 12.1 Å². The number of pyridine rings is 1. The van der Waals surface area contributed by atoms with Gasteiger partial charge in [0.1, 0.15) is 6.54 Å². The van der Waals surface area contributed by atoms with Crippen molar-refractivity contribution >= 4 is 16.9 Å². The maximum absolute atomic E-state index is 12.8. The fourth-order valence-corrected chi connectivity index (χ4v) is 1.87. The van der Waals surface area contributed by atoms with Crippen LogP contribution in [0.15, 0.2) is 35.1 Å². The highest BCUT2D eigenvalue weighted by molar-refractivity contribution is 5.84. The number of benzene rings is 1. The Labute approximate surface area is 104 Å². The largest absolute Gasteiger partial charge is 0.480 e. The maximum Gasteiger partial charge on any atom is 0.417 e. The first-order valence-electron chi connectivity index (χ1n) is 5.22. The Morgan fingerprint density at radius 1 is 1.21 bits per heavy atom. The molecule has 0 fully saturated rings. The van der Waals surface area contributed by atoms with Gasteiger partial charge in [-0.2, -0.15) is 13.2 Å². The van der Waals surface area contributed by atoms with E-state index in [0.29, 0.717) is 0 Å². The fourth-order valence-electron chi connectivity index (χ4n) is 1.87. The summed E-state index contributed by atoms with van der Waals surface area (Å²) in [5.74, 6) is -1.30. The van der Waals surface area contributed by atoms with E-state index in [1.807, 2.05) is 0 Å². The first kappa shape index (κ1) is 13.1. The fraction of sp³-hybridized carbons (Fsp3) is 0.167. The third-order valence-electron chi connectivity index (χ3n) is 2.63. The van der Waals surface area contributed by atoms with Gasteiger partial charge in [-0.3, -0.25) is 14.2 Å². The van der Waals surface area contributed by atoms with Crippen LogP contribution in [0, 0.1) is 0 Å². The van der Waals surface area contributed by atoms with E-state index in [2.05, 4.69) is 0 Å². The van der Waals surface area contributed by atoms with Crippen molar-refractivity contribution in [2.75, 3.05) is 0 Å². The number of rotatable bonds is 2. The number of aromatic nitrogens is 1. The Hall–Kier alpha value is -2.31. The van der Waals surface area contributed by atoms with Gasteiger partial charge in [0.25, 0.3) is 5.56 Å². The number of carboxylic acids is 1. The minimum atomic E-state index is -4.56. The number of carboxylic acid groups (broad SMARTS) is 1. The third-order valence-corrected chi connectivity index (χ3v) is 2.63. The molecule has 7 heteroatoms. The summed E-state index contributed by atoms with van der Waals surface area (Å²) >= 11 is 0. The summed E-state index contributed by atoms with van der Waals surface area (Å²) in [5.41, 5.74) is -1.61. The molecule has 0 unspecified atom stereocenters. The van der Waals surface area contributed by atoms with Crippen LogP contribution >= 0.6 is 0 Å². The van der Waals surface area contributed by atoms with Gasteiger partial charge in [-0.15, -0.1) is 0 Å². The molecular formula is C12H8F3NO3. The lowest BCUT2D eigenvalue weighted by atomic mass is 10.1. The molecule has 0 saturated heterocycles. The van der Waals surface area contributed by atoms with Crippen molar-refractivity contribution in [1.82, 2.24) is 4.57 Å². The average molecular weight is 271 g/mol. The minimum absolute atomic E-state index is 0.0512. The first-order valence-corrected chi connectivity index (χ1v) is 5.22. The predicted molar refractivity (Wildman–Crippen MR) is 60.8 cm³/mol. The van der Waals surface area contributed by atoms with Gasteiger partial charge in [-0.25, -0.2) is 0 Å². The molecular weight excluding hydrogens is 263 g/mol. The number of hydrogen-bond acceptors (Lipinski definition) is 2. The Morgan fingerprint density at radius 2 is 1.89 bits per heavy atom. The van der Waals surface area contributed by atoms with Crippen molar-refractivity contribution in [3.63, 3.8) is 0 Å². The van der Waals surface area contributed by atoms with E-state index in [1.54, 1.807) is 0 Å². The van der Waals surface area contributed by atoms with Crippen LogP contribution in [-0.2, 0) is 17.5 Å². The first-order chi connectivity index (χ1) is 8.80. The maximum atomic E-state index is 12.8. The lowest BCUT2D eigenvalue weighted by Crippen LogP contribution is -2.24. The van der Waals surface area contributed by atoms with Crippen LogP contribution in [0.3, 0.4) is 0 Å². The Bertz CT molecular complexity index is 703. The van der Waals surface area contributed by atoms with Gasteiger partial charge in [0, 0.05) is 11.5 Å². The van der Waals surface area contributed by atoms with Crippen molar-refractivity contribution in [1.29, 1.82) is 0 Å². The molecule has 0 aliphatic rings. The number of hydrogen-bond donors (Lipinski definition) is 1. The Morgan fingerprint density at radius 3 is 2.47 bits per heavy atom. The molecule has 2 aromatic rings. The highest BCUT2D eigenvalue weighted by Gasteiger charge is 2.32. The van der Waals surface area contributed by atoms with E-state index in [-0.39, 0.29) is 10.9 Å². The van der Waals surface area contributed by atoms with Crippen LogP contribution in [0.2, 0.25) is 0 Å². The Balaban J connectivity index is 2.81. The third kappa shape index (κ3) is 2.44. The molecule has 0 amide bonds. The number of aliphatic carboxylic acids is 1. The molecule has 0 radical (unpaired) electrons. The van der Waals surface area contributed by atoms with E-state index >= 15 is 0 Å². The zero-order valence-electron chi connectivity index (χ0n) is 9.44. The lowest BCUT2D eigenvalue weighted by molar-refractivity contribution is -0.137. The van der Waals surface area contributed by atoms with Gasteiger partial charge in [0.2, 0.25) is 0 Å². The number of alkyl halides is 3. The second-order valence-corrected chi connectivity index (χ2v) is 3.89. The van der Waals surface area contributed by atoms with E-state index in [1.165, 1.54) is 6.07 Å². The normalized spacial score (nSPS) is 11.7. The van der Waals surface area contributed by atoms with Gasteiger partial charge in [0.05, 0.1) is 11.1 Å². The smallest absolute Gasteiger partial charge is 0.417 e. The van der Waals surface area contributed by atoms with Gasteiger partial charge in [0.15, 0.2) is 0 Å². The second kappa shape index (κ2) is 4.42. The average Bonchev–Trinajstić information content (AvgIpc) is 2.30. The van der Waals surface area contributed by atoms with Crippen LogP contribution in [0.4, 0.5) is 13.2 Å². The summed E-state index contributed by atoms with van der Waals surface area (Å²) in [5, 5.41) is 8.50. The van der Waals surface area contributed by atoms with Crippen LogP contribution < -0.4 is 5.56 Å². The molecule has 1 heterocycles. The van der Waals surface area contributed by atoms with Crippen LogP contribution in [-0.4, -0.2) is 15.6 Å². The molecule has 1 aromatic carbocycles. The number of halogens is 3. The van der Waals surface area contributed by atoms with Crippen LogP contribution in [0.1, 0.15) is 5.56 Å². The predicted octanol–water partition coefficient (Wildman–Crippen LogP) is 2.10. The van der Waals surface area contributed by atoms with Crippen molar-refractivity contribution in [2.24, 2.45) is 0 Å². The summed E-state index contributed by atoms with van der Waals surface area (Å²) in [4.78, 5) is 22.2. The van der Waals surface area contributed by atoms with E-state index in [0.717, 1.165) is 28.8 Å². The van der Waals surface area contributed by atoms with Crippen molar-refractivity contribution in [2.45, 2.75) is 12.7 Å². The molecule has 0 aliphatic carbocycles. The Kier molecular flexibility index (Phi) is 3.05. The molecule has 0 aliphatic heterocycles. The monoisotopic (exact) mass is 271 g/mol. The molecule has 1 aromatic heterocycles. The van der Waals surface area contributed by atoms with E-state index in [4.69, 9.17) is 5.11 Å². The molecule has 19 heavy (non-hydrogen) atoms. The van der Waals surface area contributed by atoms with Gasteiger partial charge in [-0.05, 0) is 18.2 Å². The summed E-state index contributed by atoms with van der Waals surface area (Å²) in [7, 11) is 0. The zero-order valence-corrected chi connectivity index (χ0v) is 9.44. The SMILES string of the molecule is O=C(O)Cn1c(=O)ccc2c(C(F)(F)F)cccc21. The summed E-state index contributed by atoms with van der Waals surface area (Å²) < 4.78 is 39.2. The highest BCUT2D eigenvalue weighted by Crippen LogP contribution is 2.34. The summed E-state index contributed by atoms with van der Waals surface area (Å²) in [6.45, 7) is -0.683. The lowest BCUT2D eigenvalue weighted by Gasteiger charge is -2.13. The van der Waals surface area contributed by atoms with E-state index < -0.39 is 29.8 Å². The minimum Gasteiger partial charge on any atom is -0.480 e. The molecule has 1 N–H and O–H groups in total. The highest BCUT2D eigenvalue weighted by atomic mass is 19.4. The van der Waals surface area contributed by atoms with Crippen LogP contribution in [0.25, 0.3) is 10.9 Å². The molecule has 100 valence electrons. The molecule has 0 bridgehead atoms. The molecule has 4 nitrogen and oxygen atoms in total. The molecule has 0 saturated carbocycles. The molecule has 2 rings (SSSR count). The number of fused-ring (bicyclic) bond motifs is 1. The summed E-state index contributed by atoms with van der Waals surface area (Å²) in [6.07, 6.45) is -4.56. The van der Waals surface area contributed by atoms with Crippen molar-refractivity contribution in [3.05, 3.63) is 46.2 Å². The quantitative estimate of drug-likeness (QED) is 0.910. The molecule has 0 atom stereocenters. The number of nitrogens with zero attached hydrogens (tertiary/aromatic N) is 1. The summed E-state index contributed by atoms with van der Waals surface area (Å²) in [6, 6.07) is 5.30. The molecule has 0 spiro atoms. The zero-order chi connectivity index (χ0) is 14.2.